The summed E-state index contributed by atoms with van der Waals surface area (Å²) in [6.45, 7) is 3.32. The molecule has 0 saturated heterocycles. The van der Waals surface area contributed by atoms with Crippen molar-refractivity contribution in [3.05, 3.63) is 48.7 Å². The number of rotatable bonds is 4. The van der Waals surface area contributed by atoms with E-state index in [0.29, 0.717) is 5.82 Å². The number of nitrogens with one attached hydrogen (secondary N) is 1. The van der Waals surface area contributed by atoms with Crippen LogP contribution in [0.1, 0.15) is 13.8 Å². The van der Waals surface area contributed by atoms with E-state index in [0.717, 1.165) is 5.69 Å². The van der Waals surface area contributed by atoms with Gasteiger partial charge in [0.05, 0.1) is 10.1 Å². The van der Waals surface area contributed by atoms with Crippen LogP contribution in [0.5, 0.6) is 0 Å². The molecule has 1 aromatic carbocycles. The monoisotopic (exact) mass is 276 g/mol. The summed E-state index contributed by atoms with van der Waals surface area (Å²) in [7, 11) is -3.26. The lowest BCUT2D eigenvalue weighted by Crippen LogP contribution is -2.14. The third-order valence-electron chi connectivity index (χ3n) is 2.73. The Bertz CT molecular complexity index is 635. The van der Waals surface area contributed by atoms with Crippen molar-refractivity contribution in [3.8, 4) is 0 Å². The van der Waals surface area contributed by atoms with Gasteiger partial charge in [0.15, 0.2) is 9.84 Å². The zero-order valence-electron chi connectivity index (χ0n) is 10.9. The third kappa shape index (κ3) is 3.12. The van der Waals surface area contributed by atoms with Crippen LogP contribution in [0.25, 0.3) is 0 Å². The second-order valence-electron chi connectivity index (χ2n) is 4.46. The number of para-hydroxylation sites is 1. The van der Waals surface area contributed by atoms with Gasteiger partial charge in [-0.2, -0.15) is 0 Å². The van der Waals surface area contributed by atoms with Crippen molar-refractivity contribution < 1.29 is 8.42 Å². The summed E-state index contributed by atoms with van der Waals surface area (Å²) in [5.74, 6) is 0.619. The lowest BCUT2D eigenvalue weighted by atomic mass is 10.3. The highest BCUT2D eigenvalue weighted by atomic mass is 32.2. The molecule has 19 heavy (non-hydrogen) atoms. The number of anilines is 2. The molecule has 0 atom stereocenters. The first-order valence-electron chi connectivity index (χ1n) is 6.02. The van der Waals surface area contributed by atoms with Gasteiger partial charge in [-0.3, -0.25) is 0 Å². The van der Waals surface area contributed by atoms with Crippen molar-refractivity contribution in [2.45, 2.75) is 24.0 Å². The van der Waals surface area contributed by atoms with Gasteiger partial charge in [-0.25, -0.2) is 13.4 Å². The van der Waals surface area contributed by atoms with E-state index in [1.165, 1.54) is 6.20 Å². The first kappa shape index (κ1) is 13.5. The minimum Gasteiger partial charge on any atom is -0.340 e. The van der Waals surface area contributed by atoms with Gasteiger partial charge in [-0.1, -0.05) is 18.2 Å². The summed E-state index contributed by atoms with van der Waals surface area (Å²) in [6, 6.07) is 12.8. The van der Waals surface area contributed by atoms with Crippen molar-refractivity contribution in [2.24, 2.45) is 0 Å². The van der Waals surface area contributed by atoms with Gasteiger partial charge >= 0.3 is 0 Å². The Labute approximate surface area is 113 Å². The Morgan fingerprint density at radius 3 is 2.26 bits per heavy atom. The lowest BCUT2D eigenvalue weighted by molar-refractivity contribution is 0.587. The molecular weight excluding hydrogens is 260 g/mol. The molecule has 0 aliphatic carbocycles. The van der Waals surface area contributed by atoms with Gasteiger partial charge in [0.1, 0.15) is 5.82 Å². The molecule has 0 aliphatic heterocycles. The molecule has 4 nitrogen and oxygen atoms in total. The zero-order chi connectivity index (χ0) is 13.9. The van der Waals surface area contributed by atoms with Crippen LogP contribution >= 0.6 is 0 Å². The maximum absolute atomic E-state index is 11.9. The summed E-state index contributed by atoms with van der Waals surface area (Å²) in [5, 5.41) is 2.66. The van der Waals surface area contributed by atoms with E-state index < -0.39 is 15.1 Å². The second-order valence-corrected chi connectivity index (χ2v) is 6.97. The molecule has 0 unspecified atom stereocenters. The molecule has 2 aromatic rings. The van der Waals surface area contributed by atoms with E-state index in [1.807, 2.05) is 30.3 Å². The van der Waals surface area contributed by atoms with Crippen LogP contribution in [-0.2, 0) is 9.84 Å². The van der Waals surface area contributed by atoms with Crippen LogP contribution < -0.4 is 5.32 Å². The molecule has 0 radical (unpaired) electrons. The number of pyridine rings is 1. The average Bonchev–Trinajstić information content (AvgIpc) is 2.40. The number of hydrogen-bond acceptors (Lipinski definition) is 4. The molecule has 1 heterocycles. The summed E-state index contributed by atoms with van der Waals surface area (Å²) >= 11 is 0. The molecule has 1 N–H and O–H groups in total. The first-order chi connectivity index (χ1) is 9.00. The molecule has 1 aromatic heterocycles. The maximum Gasteiger partial charge on any atom is 0.182 e. The fourth-order valence-electron chi connectivity index (χ4n) is 1.56. The molecule has 0 fully saturated rings. The fourth-order valence-corrected chi connectivity index (χ4v) is 2.57. The Hall–Kier alpha value is -1.88. The van der Waals surface area contributed by atoms with Crippen molar-refractivity contribution in [3.63, 3.8) is 0 Å². The van der Waals surface area contributed by atoms with Gasteiger partial charge in [0.25, 0.3) is 0 Å². The zero-order valence-corrected chi connectivity index (χ0v) is 11.7. The van der Waals surface area contributed by atoms with Gasteiger partial charge in [0, 0.05) is 11.9 Å². The van der Waals surface area contributed by atoms with E-state index in [2.05, 4.69) is 10.3 Å². The highest BCUT2D eigenvalue weighted by molar-refractivity contribution is 7.92. The Morgan fingerprint density at radius 1 is 1.05 bits per heavy atom. The van der Waals surface area contributed by atoms with Crippen molar-refractivity contribution >= 4 is 21.3 Å². The maximum atomic E-state index is 11.9. The second kappa shape index (κ2) is 5.40. The molecule has 2 rings (SSSR count). The normalized spacial score (nSPS) is 11.5. The lowest BCUT2D eigenvalue weighted by Gasteiger charge is -2.09. The summed E-state index contributed by atoms with van der Waals surface area (Å²) in [6.07, 6.45) is 1.39. The van der Waals surface area contributed by atoms with Gasteiger partial charge in [0.2, 0.25) is 0 Å². The SMILES string of the molecule is CC(C)S(=O)(=O)c1ccc(Nc2ccccc2)nc1. The van der Waals surface area contributed by atoms with E-state index in [4.69, 9.17) is 0 Å². The number of nitrogens with zero attached hydrogens (tertiary/aromatic N) is 1. The Balaban J connectivity index is 2.20. The van der Waals surface area contributed by atoms with Crippen molar-refractivity contribution in [1.82, 2.24) is 4.98 Å². The van der Waals surface area contributed by atoms with E-state index in [9.17, 15) is 8.42 Å². The summed E-state index contributed by atoms with van der Waals surface area (Å²) in [4.78, 5) is 4.38. The highest BCUT2D eigenvalue weighted by Gasteiger charge is 2.19. The number of benzene rings is 1. The minimum atomic E-state index is -3.26. The van der Waals surface area contributed by atoms with Gasteiger partial charge < -0.3 is 5.32 Å². The molecule has 0 spiro atoms. The average molecular weight is 276 g/mol. The van der Waals surface area contributed by atoms with Crippen LogP contribution in [-0.4, -0.2) is 18.7 Å². The number of sulfone groups is 1. The highest BCUT2D eigenvalue weighted by Crippen LogP contribution is 2.18. The predicted molar refractivity (Wildman–Crippen MR) is 76.3 cm³/mol. The van der Waals surface area contributed by atoms with Crippen LogP contribution in [0.3, 0.4) is 0 Å². The van der Waals surface area contributed by atoms with Gasteiger partial charge in [-0.15, -0.1) is 0 Å². The molecule has 5 heteroatoms. The van der Waals surface area contributed by atoms with Gasteiger partial charge in [-0.05, 0) is 38.1 Å². The largest absolute Gasteiger partial charge is 0.340 e. The predicted octanol–water partition coefficient (Wildman–Crippen LogP) is 3.01. The number of aromatic nitrogens is 1. The molecule has 0 saturated carbocycles. The molecule has 100 valence electrons. The Morgan fingerprint density at radius 2 is 1.74 bits per heavy atom. The standard InChI is InChI=1S/C14H16N2O2S/c1-11(2)19(17,18)13-8-9-14(15-10-13)16-12-6-4-3-5-7-12/h3-11H,1-2H3,(H,15,16). The van der Waals surface area contributed by atoms with E-state index >= 15 is 0 Å². The topological polar surface area (TPSA) is 59.1 Å². The minimum absolute atomic E-state index is 0.251. The summed E-state index contributed by atoms with van der Waals surface area (Å²) in [5.41, 5.74) is 0.912. The van der Waals surface area contributed by atoms with Crippen molar-refractivity contribution in [1.29, 1.82) is 0 Å². The van der Waals surface area contributed by atoms with E-state index in [1.54, 1.807) is 26.0 Å². The molecule has 0 aliphatic rings. The van der Waals surface area contributed by atoms with Crippen LogP contribution in [0, 0.1) is 0 Å². The van der Waals surface area contributed by atoms with Crippen LogP contribution in [0.2, 0.25) is 0 Å². The smallest absolute Gasteiger partial charge is 0.182 e. The molecule has 0 bridgehead atoms. The summed E-state index contributed by atoms with van der Waals surface area (Å²) < 4.78 is 23.9. The number of hydrogen-bond donors (Lipinski definition) is 1. The fraction of sp³-hybridized carbons (Fsp3) is 0.214. The molecule has 0 amide bonds. The third-order valence-corrected chi connectivity index (χ3v) is 4.87. The molecular formula is C14H16N2O2S. The van der Waals surface area contributed by atoms with Crippen LogP contribution in [0.4, 0.5) is 11.5 Å². The van der Waals surface area contributed by atoms with Crippen molar-refractivity contribution in [2.75, 3.05) is 5.32 Å². The van der Waals surface area contributed by atoms with Crippen LogP contribution in [0.15, 0.2) is 53.6 Å². The Kier molecular flexibility index (Phi) is 3.85. The first-order valence-corrected chi connectivity index (χ1v) is 7.57. The van der Waals surface area contributed by atoms with E-state index in [-0.39, 0.29) is 4.90 Å². The quantitative estimate of drug-likeness (QED) is 0.932.